The van der Waals surface area contributed by atoms with Crippen molar-refractivity contribution in [1.29, 1.82) is 0 Å². The molecule has 2 aliphatic rings. The van der Waals surface area contributed by atoms with E-state index in [4.69, 9.17) is 4.74 Å². The highest BCUT2D eigenvalue weighted by molar-refractivity contribution is 5.92. The van der Waals surface area contributed by atoms with Gasteiger partial charge in [0.15, 0.2) is 0 Å². The molecule has 1 heterocycles. The molecule has 0 aliphatic heterocycles. The lowest BCUT2D eigenvalue weighted by Gasteiger charge is -2.39. The Hall–Kier alpha value is -3.69. The van der Waals surface area contributed by atoms with E-state index in [1.807, 2.05) is 6.92 Å². The van der Waals surface area contributed by atoms with Crippen molar-refractivity contribution in [3.8, 4) is 17.5 Å². The molecule has 0 spiro atoms. The van der Waals surface area contributed by atoms with E-state index < -0.39 is 17.0 Å². The molecule has 3 aromatic rings. The van der Waals surface area contributed by atoms with Crippen LogP contribution in [0.2, 0.25) is 0 Å². The first kappa shape index (κ1) is 21.2. The van der Waals surface area contributed by atoms with Crippen LogP contribution in [0.5, 0.6) is 0 Å². The molecule has 1 N–H and O–H groups in total. The quantitative estimate of drug-likeness (QED) is 0.474. The number of halogens is 1. The molecule has 1 fully saturated rings. The van der Waals surface area contributed by atoms with E-state index >= 15 is 0 Å². The van der Waals surface area contributed by atoms with E-state index in [1.165, 1.54) is 19.2 Å². The molecule has 2 aliphatic carbocycles. The Morgan fingerprint density at radius 1 is 1.21 bits per heavy atom. The second-order valence-electron chi connectivity index (χ2n) is 8.77. The molecule has 0 bridgehead atoms. The largest absolute Gasteiger partial charge is 0.465 e. The van der Waals surface area contributed by atoms with Crippen LogP contribution in [0.3, 0.4) is 0 Å². The summed E-state index contributed by atoms with van der Waals surface area (Å²) < 4.78 is 20.0. The molecule has 1 saturated carbocycles. The highest BCUT2D eigenvalue weighted by Crippen LogP contribution is 2.55. The second-order valence-corrected chi connectivity index (χ2v) is 8.77. The fraction of sp³-hybridized carbons (Fsp3) is 0.259. The lowest BCUT2D eigenvalue weighted by molar-refractivity contribution is 0.0153. The standard InChI is InChI=1S/C27H23FN2O3/c1-26-16-19-17-29-30(22-9-7-21(28)8-10-22)24(19)15-20(26)12-14-27(26,32)13-11-18-5-3-4-6-23(18)25(31)33-2/h3-10,15,17,32H,12,14,16H2,1-2H3/t26?,27-/m0/s1. The Kier molecular flexibility index (Phi) is 4.95. The SMILES string of the molecule is COC(=O)c1ccccc1C#C[C@]1(O)CCC2=Cc3c(cnn3-c3ccc(F)cc3)CC21C. The van der Waals surface area contributed by atoms with Crippen molar-refractivity contribution in [3.05, 3.63) is 88.5 Å². The van der Waals surface area contributed by atoms with E-state index in [9.17, 15) is 14.3 Å². The summed E-state index contributed by atoms with van der Waals surface area (Å²) in [7, 11) is 1.33. The Balaban J connectivity index is 1.51. The molecule has 2 atom stereocenters. The molecular formula is C27H23FN2O3. The number of carbonyl (C=O) groups excluding carboxylic acids is 1. The van der Waals surface area contributed by atoms with Crippen molar-refractivity contribution in [1.82, 2.24) is 9.78 Å². The van der Waals surface area contributed by atoms with Crippen molar-refractivity contribution in [3.63, 3.8) is 0 Å². The van der Waals surface area contributed by atoms with Crippen LogP contribution in [0.15, 0.2) is 60.3 Å². The molecule has 0 radical (unpaired) electrons. The van der Waals surface area contributed by atoms with Crippen LogP contribution < -0.4 is 0 Å². The summed E-state index contributed by atoms with van der Waals surface area (Å²) in [6.07, 6.45) is 5.66. The summed E-state index contributed by atoms with van der Waals surface area (Å²) in [4.78, 5) is 12.1. The van der Waals surface area contributed by atoms with E-state index in [2.05, 4.69) is 23.0 Å². The van der Waals surface area contributed by atoms with E-state index in [1.54, 1.807) is 47.3 Å². The summed E-state index contributed by atoms with van der Waals surface area (Å²) in [5.74, 6) is 5.39. The number of aromatic nitrogens is 2. The number of hydrogen-bond acceptors (Lipinski definition) is 4. The van der Waals surface area contributed by atoms with E-state index in [0.717, 1.165) is 22.5 Å². The summed E-state index contributed by atoms with van der Waals surface area (Å²) in [6.45, 7) is 2.03. The van der Waals surface area contributed by atoms with Crippen LogP contribution >= 0.6 is 0 Å². The number of ether oxygens (including phenoxy) is 1. The third kappa shape index (κ3) is 3.37. The monoisotopic (exact) mass is 442 g/mol. The van der Waals surface area contributed by atoms with Gasteiger partial charge < -0.3 is 9.84 Å². The normalized spacial score (nSPS) is 23.1. The minimum atomic E-state index is -1.25. The van der Waals surface area contributed by atoms with Crippen LogP contribution in [0.1, 0.15) is 46.9 Å². The second kappa shape index (κ2) is 7.72. The lowest BCUT2D eigenvalue weighted by atomic mass is 9.67. The predicted octanol–water partition coefficient (Wildman–Crippen LogP) is 4.32. The van der Waals surface area contributed by atoms with Crippen LogP contribution in [0.4, 0.5) is 4.39 Å². The molecule has 5 rings (SSSR count). The van der Waals surface area contributed by atoms with Crippen molar-refractivity contribution < 1.29 is 19.0 Å². The van der Waals surface area contributed by atoms with Gasteiger partial charge in [-0.1, -0.05) is 36.5 Å². The third-order valence-corrected chi connectivity index (χ3v) is 6.93. The molecule has 1 aromatic heterocycles. The molecule has 2 aromatic carbocycles. The fourth-order valence-electron chi connectivity index (χ4n) is 4.89. The van der Waals surface area contributed by atoms with E-state index in [-0.39, 0.29) is 5.82 Å². The van der Waals surface area contributed by atoms with Crippen molar-refractivity contribution in [2.24, 2.45) is 5.41 Å². The van der Waals surface area contributed by atoms with Gasteiger partial charge in [-0.3, -0.25) is 0 Å². The fourth-order valence-corrected chi connectivity index (χ4v) is 4.89. The smallest absolute Gasteiger partial charge is 0.339 e. The van der Waals surface area contributed by atoms with Gasteiger partial charge in [0.25, 0.3) is 0 Å². The topological polar surface area (TPSA) is 64.3 Å². The van der Waals surface area contributed by atoms with Crippen molar-refractivity contribution in [2.75, 3.05) is 7.11 Å². The zero-order chi connectivity index (χ0) is 23.2. The lowest BCUT2D eigenvalue weighted by Crippen LogP contribution is -2.44. The number of hydrogen-bond donors (Lipinski definition) is 1. The molecule has 166 valence electrons. The summed E-state index contributed by atoms with van der Waals surface area (Å²) >= 11 is 0. The zero-order valence-electron chi connectivity index (χ0n) is 18.4. The van der Waals surface area contributed by atoms with Gasteiger partial charge in [0.05, 0.1) is 30.3 Å². The van der Waals surface area contributed by atoms with Crippen LogP contribution in [-0.2, 0) is 11.2 Å². The van der Waals surface area contributed by atoms with Crippen LogP contribution in [0.25, 0.3) is 11.8 Å². The summed E-state index contributed by atoms with van der Waals surface area (Å²) in [6, 6.07) is 13.2. The maximum absolute atomic E-state index is 13.4. The van der Waals surface area contributed by atoms with Gasteiger partial charge in [-0.05, 0) is 67.3 Å². The summed E-state index contributed by atoms with van der Waals surface area (Å²) in [5, 5.41) is 16.2. The van der Waals surface area contributed by atoms with Crippen molar-refractivity contribution >= 4 is 12.0 Å². The van der Waals surface area contributed by atoms with Gasteiger partial charge in [-0.2, -0.15) is 5.10 Å². The van der Waals surface area contributed by atoms with Gasteiger partial charge >= 0.3 is 5.97 Å². The molecule has 0 saturated heterocycles. The first-order valence-electron chi connectivity index (χ1n) is 10.8. The number of nitrogens with zero attached hydrogens (tertiary/aromatic N) is 2. The van der Waals surface area contributed by atoms with Crippen LogP contribution in [-0.4, -0.2) is 33.6 Å². The number of rotatable bonds is 2. The number of carbonyl (C=O) groups is 1. The maximum Gasteiger partial charge on any atom is 0.339 e. The number of benzene rings is 2. The van der Waals surface area contributed by atoms with E-state index in [0.29, 0.717) is 30.4 Å². The number of esters is 1. The highest BCUT2D eigenvalue weighted by atomic mass is 19.1. The number of fused-ring (bicyclic) bond motifs is 2. The average Bonchev–Trinajstić information content (AvgIpc) is 3.34. The third-order valence-electron chi connectivity index (χ3n) is 6.93. The van der Waals surface area contributed by atoms with Gasteiger partial charge in [0, 0.05) is 11.0 Å². The molecule has 5 nitrogen and oxygen atoms in total. The Morgan fingerprint density at radius 2 is 1.97 bits per heavy atom. The Labute approximate surface area is 191 Å². The van der Waals surface area contributed by atoms with Gasteiger partial charge in [-0.25, -0.2) is 13.9 Å². The number of aliphatic hydroxyl groups is 1. The van der Waals surface area contributed by atoms with Gasteiger partial charge in [-0.15, -0.1) is 0 Å². The maximum atomic E-state index is 13.4. The first-order chi connectivity index (χ1) is 15.8. The highest BCUT2D eigenvalue weighted by Gasteiger charge is 2.54. The van der Waals surface area contributed by atoms with Gasteiger partial charge in [0.1, 0.15) is 11.4 Å². The summed E-state index contributed by atoms with van der Waals surface area (Å²) in [5.41, 5.74) is 2.91. The van der Waals surface area contributed by atoms with Crippen LogP contribution in [0, 0.1) is 23.1 Å². The average molecular weight is 442 g/mol. The van der Waals surface area contributed by atoms with Gasteiger partial charge in [0.2, 0.25) is 0 Å². The Bertz CT molecular complexity index is 1350. The minimum absolute atomic E-state index is 0.293. The number of methoxy groups -OCH3 is 1. The molecule has 33 heavy (non-hydrogen) atoms. The minimum Gasteiger partial charge on any atom is -0.465 e. The van der Waals surface area contributed by atoms with Crippen molar-refractivity contribution in [2.45, 2.75) is 31.8 Å². The molecule has 6 heteroatoms. The first-order valence-corrected chi connectivity index (χ1v) is 10.8. The predicted molar refractivity (Wildman–Crippen MR) is 122 cm³/mol. The molecule has 1 unspecified atom stereocenters. The molecule has 0 amide bonds. The zero-order valence-corrected chi connectivity index (χ0v) is 18.4. The Morgan fingerprint density at radius 3 is 2.73 bits per heavy atom. The molecular weight excluding hydrogens is 419 g/mol.